The summed E-state index contributed by atoms with van der Waals surface area (Å²) in [6.07, 6.45) is 4.22. The third-order valence-corrected chi connectivity index (χ3v) is 5.10. The van der Waals surface area contributed by atoms with E-state index in [2.05, 4.69) is 10.3 Å². The molecule has 0 radical (unpaired) electrons. The van der Waals surface area contributed by atoms with Gasteiger partial charge in [-0.15, -0.1) is 0 Å². The summed E-state index contributed by atoms with van der Waals surface area (Å²) >= 11 is 5.92. The highest BCUT2D eigenvalue weighted by atomic mass is 35.5. The van der Waals surface area contributed by atoms with Crippen molar-refractivity contribution in [2.75, 3.05) is 19.6 Å². The van der Waals surface area contributed by atoms with Crippen LogP contribution in [0.3, 0.4) is 0 Å². The first-order valence-electron chi connectivity index (χ1n) is 9.00. The number of H-pyrrole nitrogens is 1. The van der Waals surface area contributed by atoms with Crippen molar-refractivity contribution in [1.29, 1.82) is 0 Å². The number of carbonyl (C=O) groups is 2. The molecule has 0 unspecified atom stereocenters. The molecule has 27 heavy (non-hydrogen) atoms. The molecule has 0 spiro atoms. The normalized spacial score (nSPS) is 14.8. The molecule has 2 aromatic rings. The molecular weight excluding hydrogens is 366 g/mol. The molecule has 7 heteroatoms. The van der Waals surface area contributed by atoms with E-state index in [9.17, 15) is 14.4 Å². The molecule has 2 amide bonds. The van der Waals surface area contributed by atoms with Gasteiger partial charge in [-0.25, -0.2) is 0 Å². The van der Waals surface area contributed by atoms with Crippen molar-refractivity contribution in [3.8, 4) is 0 Å². The number of likely N-dealkylation sites (tertiary alicyclic amines) is 1. The molecule has 1 saturated heterocycles. The Kier molecular flexibility index (Phi) is 6.29. The fraction of sp³-hybridized carbons (Fsp3) is 0.350. The van der Waals surface area contributed by atoms with Gasteiger partial charge >= 0.3 is 0 Å². The molecule has 1 aromatic carbocycles. The largest absolute Gasteiger partial charge is 0.343 e. The summed E-state index contributed by atoms with van der Waals surface area (Å²) in [4.78, 5) is 39.6. The van der Waals surface area contributed by atoms with Crippen molar-refractivity contribution in [2.24, 2.45) is 5.92 Å². The summed E-state index contributed by atoms with van der Waals surface area (Å²) < 4.78 is 0. The lowest BCUT2D eigenvalue weighted by molar-refractivity contribution is -0.131. The zero-order valence-corrected chi connectivity index (χ0v) is 15.7. The zero-order valence-electron chi connectivity index (χ0n) is 14.9. The second-order valence-corrected chi connectivity index (χ2v) is 7.22. The Balaban J connectivity index is 1.42. The van der Waals surface area contributed by atoms with Gasteiger partial charge in [0.1, 0.15) is 0 Å². The fourth-order valence-electron chi connectivity index (χ4n) is 3.26. The first-order chi connectivity index (χ1) is 13.0. The quantitative estimate of drug-likeness (QED) is 0.825. The van der Waals surface area contributed by atoms with Gasteiger partial charge in [0.25, 0.3) is 5.91 Å². The van der Waals surface area contributed by atoms with E-state index in [-0.39, 0.29) is 23.9 Å². The van der Waals surface area contributed by atoms with Crippen LogP contribution in [0, 0.1) is 5.92 Å². The van der Waals surface area contributed by atoms with Crippen LogP contribution < -0.4 is 10.9 Å². The molecule has 2 heterocycles. The SMILES string of the molecule is O=C(NCC(=O)N1CCC(Cc2ccc(Cl)cc2)CC1)c1ccc(=O)[nH]c1. The average Bonchev–Trinajstić information content (AvgIpc) is 2.69. The fourth-order valence-corrected chi connectivity index (χ4v) is 3.39. The molecule has 142 valence electrons. The van der Waals surface area contributed by atoms with Gasteiger partial charge in [0.05, 0.1) is 12.1 Å². The summed E-state index contributed by atoms with van der Waals surface area (Å²) in [7, 11) is 0. The van der Waals surface area contributed by atoms with Crippen molar-refractivity contribution in [3.05, 3.63) is 69.1 Å². The number of carbonyl (C=O) groups excluding carboxylic acids is 2. The van der Waals surface area contributed by atoms with Crippen LogP contribution in [0.25, 0.3) is 0 Å². The molecule has 1 aliphatic rings. The van der Waals surface area contributed by atoms with Gasteiger partial charge < -0.3 is 15.2 Å². The third-order valence-electron chi connectivity index (χ3n) is 4.85. The Labute approximate surface area is 162 Å². The predicted octanol–water partition coefficient (Wildman–Crippen LogP) is 2.24. The van der Waals surface area contributed by atoms with Crippen LogP contribution in [0.4, 0.5) is 0 Å². The van der Waals surface area contributed by atoms with E-state index in [0.29, 0.717) is 24.6 Å². The van der Waals surface area contributed by atoms with E-state index in [1.165, 1.54) is 23.9 Å². The van der Waals surface area contributed by atoms with Crippen molar-refractivity contribution >= 4 is 23.4 Å². The van der Waals surface area contributed by atoms with E-state index >= 15 is 0 Å². The Morgan fingerprint density at radius 1 is 1.11 bits per heavy atom. The van der Waals surface area contributed by atoms with Gasteiger partial charge in [-0.2, -0.15) is 0 Å². The van der Waals surface area contributed by atoms with Crippen LogP contribution in [-0.4, -0.2) is 41.3 Å². The first-order valence-corrected chi connectivity index (χ1v) is 9.38. The summed E-state index contributed by atoms with van der Waals surface area (Å²) in [5.41, 5.74) is 1.31. The van der Waals surface area contributed by atoms with Crippen LogP contribution in [0.5, 0.6) is 0 Å². The Hall–Kier alpha value is -2.60. The van der Waals surface area contributed by atoms with Crippen molar-refractivity contribution < 1.29 is 9.59 Å². The van der Waals surface area contributed by atoms with Gasteiger partial charge in [0.15, 0.2) is 0 Å². The summed E-state index contributed by atoms with van der Waals surface area (Å²) in [5, 5.41) is 3.35. The smallest absolute Gasteiger partial charge is 0.253 e. The first kappa shape index (κ1) is 19.2. The Morgan fingerprint density at radius 3 is 2.44 bits per heavy atom. The van der Waals surface area contributed by atoms with Gasteiger partial charge in [0, 0.05) is 30.4 Å². The van der Waals surface area contributed by atoms with E-state index < -0.39 is 0 Å². The molecule has 1 fully saturated rings. The van der Waals surface area contributed by atoms with E-state index in [1.807, 2.05) is 24.3 Å². The second-order valence-electron chi connectivity index (χ2n) is 6.78. The van der Waals surface area contributed by atoms with Gasteiger partial charge in [-0.1, -0.05) is 23.7 Å². The minimum absolute atomic E-state index is 0.0419. The maximum Gasteiger partial charge on any atom is 0.253 e. The molecule has 2 N–H and O–H groups in total. The number of aromatic nitrogens is 1. The molecule has 0 saturated carbocycles. The maximum atomic E-state index is 12.3. The van der Waals surface area contributed by atoms with Gasteiger partial charge in [-0.3, -0.25) is 14.4 Å². The number of halogens is 1. The van der Waals surface area contributed by atoms with Crippen LogP contribution >= 0.6 is 11.6 Å². The molecule has 0 bridgehead atoms. The molecule has 0 aliphatic carbocycles. The number of hydrogen-bond donors (Lipinski definition) is 2. The summed E-state index contributed by atoms with van der Waals surface area (Å²) in [5.74, 6) is 0.0842. The van der Waals surface area contributed by atoms with Gasteiger partial charge in [0.2, 0.25) is 11.5 Å². The Morgan fingerprint density at radius 2 is 1.81 bits per heavy atom. The number of pyridine rings is 1. The zero-order chi connectivity index (χ0) is 19.2. The number of benzene rings is 1. The highest BCUT2D eigenvalue weighted by Crippen LogP contribution is 2.22. The lowest BCUT2D eigenvalue weighted by Crippen LogP contribution is -2.44. The molecule has 6 nitrogen and oxygen atoms in total. The highest BCUT2D eigenvalue weighted by molar-refractivity contribution is 6.30. The number of nitrogens with zero attached hydrogens (tertiary/aromatic N) is 1. The van der Waals surface area contributed by atoms with Crippen LogP contribution in [0.15, 0.2) is 47.4 Å². The average molecular weight is 388 g/mol. The van der Waals surface area contributed by atoms with E-state index in [1.54, 1.807) is 4.90 Å². The van der Waals surface area contributed by atoms with Crippen LogP contribution in [0.1, 0.15) is 28.8 Å². The minimum atomic E-state index is -0.378. The topological polar surface area (TPSA) is 82.3 Å². The van der Waals surface area contributed by atoms with Crippen molar-refractivity contribution in [2.45, 2.75) is 19.3 Å². The number of amides is 2. The number of rotatable bonds is 5. The second kappa shape index (κ2) is 8.86. The molecular formula is C20H22ClN3O3. The highest BCUT2D eigenvalue weighted by Gasteiger charge is 2.23. The number of nitrogens with one attached hydrogen (secondary N) is 2. The monoisotopic (exact) mass is 387 g/mol. The number of piperidine rings is 1. The third kappa shape index (κ3) is 5.44. The summed E-state index contributed by atoms with van der Waals surface area (Å²) in [6, 6.07) is 10.6. The summed E-state index contributed by atoms with van der Waals surface area (Å²) in [6.45, 7) is 1.36. The van der Waals surface area contributed by atoms with E-state index in [4.69, 9.17) is 11.6 Å². The van der Waals surface area contributed by atoms with E-state index in [0.717, 1.165) is 24.3 Å². The van der Waals surface area contributed by atoms with Crippen LogP contribution in [0.2, 0.25) is 5.02 Å². The molecule has 3 rings (SSSR count). The van der Waals surface area contributed by atoms with Crippen molar-refractivity contribution in [3.63, 3.8) is 0 Å². The lowest BCUT2D eigenvalue weighted by Gasteiger charge is -2.32. The van der Waals surface area contributed by atoms with Crippen molar-refractivity contribution in [1.82, 2.24) is 15.2 Å². The number of aromatic amines is 1. The minimum Gasteiger partial charge on any atom is -0.343 e. The lowest BCUT2D eigenvalue weighted by atomic mass is 9.90. The van der Waals surface area contributed by atoms with Gasteiger partial charge in [-0.05, 0) is 48.9 Å². The number of hydrogen-bond acceptors (Lipinski definition) is 3. The molecule has 0 atom stereocenters. The molecule has 1 aliphatic heterocycles. The standard InChI is InChI=1S/C20H22ClN3O3/c21-17-4-1-14(2-5-17)11-15-7-9-24(10-8-15)19(26)13-23-20(27)16-3-6-18(25)22-12-16/h1-6,12,15H,7-11,13H2,(H,22,25)(H,23,27). The maximum absolute atomic E-state index is 12.3. The predicted molar refractivity (Wildman–Crippen MR) is 104 cm³/mol. The Bertz CT molecular complexity index is 835. The van der Waals surface area contributed by atoms with Crippen LogP contribution in [-0.2, 0) is 11.2 Å². The molecule has 1 aromatic heterocycles.